The summed E-state index contributed by atoms with van der Waals surface area (Å²) in [5, 5.41) is -0.142. The predicted molar refractivity (Wildman–Crippen MR) is 151 cm³/mol. The van der Waals surface area contributed by atoms with Crippen LogP contribution < -0.4 is 10.2 Å². The smallest absolute Gasteiger partial charge is 0.232 e. The van der Waals surface area contributed by atoms with E-state index in [0.29, 0.717) is 18.2 Å². The fourth-order valence-electron chi connectivity index (χ4n) is 4.90. The molecule has 0 aliphatic heterocycles. The standard InChI is InChI=1S/C28H31F3N3OP.C2H6/c1-17-20(27(36)26(31)25(30)24(17)29)15-23(35)34(2)28-21(14-13-18-9-5-3-6-10-18)33-22(16-32-28)19-11-7-4-8-12-19;1-2/h4,7-8,11-12,16,18H,3,5-6,9-10,13-15,36H2,1-2H3;1-2H3. The fourth-order valence-corrected chi connectivity index (χ4v) is 5.34. The Balaban J connectivity index is 0.00000195. The number of carbonyl (C=O) groups is 1. The van der Waals surface area contributed by atoms with Crippen molar-refractivity contribution < 1.29 is 18.0 Å². The van der Waals surface area contributed by atoms with Crippen molar-refractivity contribution in [3.63, 3.8) is 0 Å². The lowest BCUT2D eigenvalue weighted by atomic mass is 9.86. The molecule has 0 saturated heterocycles. The molecule has 1 aliphatic carbocycles. The first kappa shape index (κ1) is 29.8. The van der Waals surface area contributed by atoms with Crippen LogP contribution in [-0.2, 0) is 17.6 Å². The first-order valence-corrected chi connectivity index (χ1v) is 13.9. The number of aryl methyl sites for hydroxylation is 1. The highest BCUT2D eigenvalue weighted by Crippen LogP contribution is 2.30. The van der Waals surface area contributed by atoms with Crippen LogP contribution in [0.5, 0.6) is 0 Å². The summed E-state index contributed by atoms with van der Waals surface area (Å²) in [6.45, 7) is 5.35. The van der Waals surface area contributed by atoms with E-state index in [0.717, 1.165) is 23.4 Å². The number of rotatable bonds is 7. The van der Waals surface area contributed by atoms with Gasteiger partial charge in [-0.1, -0.05) is 76.3 Å². The number of likely N-dealkylation sites (N-methyl/N-ethyl adjacent to an activating group) is 1. The van der Waals surface area contributed by atoms with Crippen molar-refractivity contribution in [2.24, 2.45) is 5.92 Å². The highest BCUT2D eigenvalue weighted by atomic mass is 31.0. The van der Waals surface area contributed by atoms with Crippen LogP contribution >= 0.6 is 9.24 Å². The fraction of sp³-hybridized carbons (Fsp3) is 0.433. The van der Waals surface area contributed by atoms with Crippen LogP contribution in [0.25, 0.3) is 11.3 Å². The van der Waals surface area contributed by atoms with Crippen molar-refractivity contribution in [3.8, 4) is 11.3 Å². The van der Waals surface area contributed by atoms with Gasteiger partial charge in [-0.25, -0.2) is 23.1 Å². The molecule has 0 radical (unpaired) electrons. The maximum Gasteiger partial charge on any atom is 0.232 e. The van der Waals surface area contributed by atoms with Crippen LogP contribution in [0.2, 0.25) is 0 Å². The van der Waals surface area contributed by atoms with Gasteiger partial charge in [-0.3, -0.25) is 9.69 Å². The summed E-state index contributed by atoms with van der Waals surface area (Å²) in [7, 11) is 3.67. The maximum absolute atomic E-state index is 14.2. The monoisotopic (exact) mass is 543 g/mol. The summed E-state index contributed by atoms with van der Waals surface area (Å²) in [6.07, 6.45) is 9.16. The third kappa shape index (κ3) is 6.79. The summed E-state index contributed by atoms with van der Waals surface area (Å²) in [6, 6.07) is 9.73. The minimum Gasteiger partial charge on any atom is -0.298 e. The molecule has 1 amide bonds. The number of aromatic nitrogens is 2. The van der Waals surface area contributed by atoms with Gasteiger partial charge in [-0.05, 0) is 36.8 Å². The minimum atomic E-state index is -1.53. The molecule has 0 spiro atoms. The first-order chi connectivity index (χ1) is 18.3. The Morgan fingerprint density at radius 2 is 1.68 bits per heavy atom. The van der Waals surface area contributed by atoms with Crippen LogP contribution in [0.4, 0.5) is 19.0 Å². The lowest BCUT2D eigenvalue weighted by Gasteiger charge is -2.24. The van der Waals surface area contributed by atoms with Gasteiger partial charge in [-0.15, -0.1) is 9.24 Å². The van der Waals surface area contributed by atoms with Gasteiger partial charge in [0.2, 0.25) is 5.91 Å². The molecule has 1 heterocycles. The number of anilines is 1. The van der Waals surface area contributed by atoms with Gasteiger partial charge >= 0.3 is 0 Å². The molecular weight excluding hydrogens is 506 g/mol. The summed E-state index contributed by atoms with van der Waals surface area (Å²) in [5.41, 5.74) is 2.42. The van der Waals surface area contributed by atoms with E-state index in [1.165, 1.54) is 43.9 Å². The number of nitrogens with zero attached hydrogens (tertiary/aromatic N) is 3. The van der Waals surface area contributed by atoms with Crippen LogP contribution in [-0.4, -0.2) is 22.9 Å². The van der Waals surface area contributed by atoms with E-state index in [2.05, 4.69) is 14.2 Å². The van der Waals surface area contributed by atoms with Crippen LogP contribution in [0.1, 0.15) is 69.2 Å². The Morgan fingerprint density at radius 1 is 1.03 bits per heavy atom. The van der Waals surface area contributed by atoms with Crippen molar-refractivity contribution in [1.82, 2.24) is 9.97 Å². The number of benzene rings is 2. The van der Waals surface area contributed by atoms with Gasteiger partial charge in [0.15, 0.2) is 23.3 Å². The Morgan fingerprint density at radius 3 is 2.34 bits per heavy atom. The second-order valence-electron chi connectivity index (χ2n) is 9.52. The largest absolute Gasteiger partial charge is 0.298 e. The molecule has 8 heteroatoms. The second-order valence-corrected chi connectivity index (χ2v) is 10.1. The predicted octanol–water partition coefficient (Wildman–Crippen LogP) is 7.11. The highest BCUT2D eigenvalue weighted by Gasteiger charge is 2.25. The molecule has 1 fully saturated rings. The second kappa shape index (κ2) is 13.8. The van der Waals surface area contributed by atoms with E-state index in [9.17, 15) is 18.0 Å². The lowest BCUT2D eigenvalue weighted by Crippen LogP contribution is -2.32. The molecule has 0 bridgehead atoms. The van der Waals surface area contributed by atoms with Crippen molar-refractivity contribution in [3.05, 3.63) is 70.8 Å². The minimum absolute atomic E-state index is 0.0799. The third-order valence-corrected chi connectivity index (χ3v) is 7.76. The van der Waals surface area contributed by atoms with Crippen LogP contribution in [0.3, 0.4) is 0 Å². The van der Waals surface area contributed by atoms with Gasteiger partial charge in [0.05, 0.1) is 24.0 Å². The summed E-state index contributed by atoms with van der Waals surface area (Å²) >= 11 is 0. The molecule has 4 rings (SSSR count). The molecule has 1 atom stereocenters. The Hall–Kier alpha value is -2.79. The average molecular weight is 544 g/mol. The molecule has 1 unspecified atom stereocenters. The topological polar surface area (TPSA) is 46.1 Å². The summed E-state index contributed by atoms with van der Waals surface area (Å²) in [5.74, 6) is -3.45. The van der Waals surface area contributed by atoms with Gasteiger partial charge in [0.1, 0.15) is 0 Å². The van der Waals surface area contributed by atoms with Crippen LogP contribution in [0.15, 0.2) is 36.5 Å². The van der Waals surface area contributed by atoms with E-state index in [-0.39, 0.29) is 22.9 Å². The highest BCUT2D eigenvalue weighted by molar-refractivity contribution is 7.27. The van der Waals surface area contributed by atoms with Gasteiger partial charge in [-0.2, -0.15) is 0 Å². The Labute approximate surface area is 226 Å². The molecular formula is C30H37F3N3OP. The number of halogens is 3. The quantitative estimate of drug-likeness (QED) is 0.236. The van der Waals surface area contributed by atoms with Crippen molar-refractivity contribution in [2.75, 3.05) is 11.9 Å². The zero-order chi connectivity index (χ0) is 27.8. The van der Waals surface area contributed by atoms with E-state index in [1.54, 1.807) is 13.2 Å². The number of carbonyl (C=O) groups excluding carboxylic acids is 1. The molecule has 2 aromatic carbocycles. The van der Waals surface area contributed by atoms with E-state index < -0.39 is 23.4 Å². The molecule has 1 saturated carbocycles. The summed E-state index contributed by atoms with van der Waals surface area (Å²) < 4.78 is 42.1. The Kier molecular flexibility index (Phi) is 10.8. The van der Waals surface area contributed by atoms with Gasteiger partial charge < -0.3 is 0 Å². The molecule has 0 N–H and O–H groups in total. The zero-order valence-corrected chi connectivity index (χ0v) is 23.8. The van der Waals surface area contributed by atoms with Crippen molar-refractivity contribution >= 4 is 26.3 Å². The number of hydrogen-bond acceptors (Lipinski definition) is 3. The summed E-state index contributed by atoms with van der Waals surface area (Å²) in [4.78, 5) is 24.1. The van der Waals surface area contributed by atoms with Crippen molar-refractivity contribution in [1.29, 1.82) is 0 Å². The Bertz CT molecular complexity index is 1220. The van der Waals surface area contributed by atoms with E-state index in [4.69, 9.17) is 4.98 Å². The molecule has 4 nitrogen and oxygen atoms in total. The molecule has 1 aromatic heterocycles. The van der Waals surface area contributed by atoms with Crippen LogP contribution in [0, 0.1) is 30.3 Å². The van der Waals surface area contributed by atoms with Crippen molar-refractivity contribution in [2.45, 2.75) is 72.1 Å². The average Bonchev–Trinajstić information content (AvgIpc) is 2.97. The number of hydrogen-bond donors (Lipinski definition) is 0. The van der Waals surface area contributed by atoms with E-state index >= 15 is 0 Å². The maximum atomic E-state index is 14.2. The SMILES string of the molecule is CC.Cc1c(F)c(F)c(F)c(P)c1CC(=O)N(C)c1ncc(-c2ccccc2)nc1CCC1CCCCC1. The lowest BCUT2D eigenvalue weighted by molar-refractivity contribution is -0.117. The first-order valence-electron chi connectivity index (χ1n) is 13.4. The number of amides is 1. The molecule has 3 aromatic rings. The molecule has 1 aliphatic rings. The normalized spacial score (nSPS) is 13.6. The third-order valence-electron chi connectivity index (χ3n) is 7.16. The molecule has 38 heavy (non-hydrogen) atoms. The van der Waals surface area contributed by atoms with Gasteiger partial charge in [0.25, 0.3) is 0 Å². The molecule has 204 valence electrons. The van der Waals surface area contributed by atoms with Gasteiger partial charge in [0, 0.05) is 17.9 Å². The zero-order valence-electron chi connectivity index (χ0n) is 22.7. The van der Waals surface area contributed by atoms with E-state index in [1.807, 2.05) is 44.2 Å².